The zero-order valence-electron chi connectivity index (χ0n) is 7.64. The van der Waals surface area contributed by atoms with Crippen LogP contribution in [0.1, 0.15) is 12.1 Å². The van der Waals surface area contributed by atoms with E-state index in [9.17, 15) is 0 Å². The SMILES string of the molecule is ON=C1CCn2c1cc1ccccc12. The maximum Gasteiger partial charge on any atom is 0.105 e. The lowest BCUT2D eigenvalue weighted by molar-refractivity contribution is 0.318. The van der Waals surface area contributed by atoms with Crippen LogP contribution in [0.4, 0.5) is 0 Å². The van der Waals surface area contributed by atoms with Crippen LogP contribution in [0, 0.1) is 0 Å². The quantitative estimate of drug-likeness (QED) is 0.497. The van der Waals surface area contributed by atoms with Gasteiger partial charge in [0, 0.05) is 23.9 Å². The van der Waals surface area contributed by atoms with Crippen LogP contribution in [0.25, 0.3) is 10.9 Å². The second kappa shape index (κ2) is 2.61. The second-order valence-electron chi connectivity index (χ2n) is 3.54. The summed E-state index contributed by atoms with van der Waals surface area (Å²) < 4.78 is 2.20. The minimum absolute atomic E-state index is 0.793. The molecule has 2 aromatic rings. The smallest absolute Gasteiger partial charge is 0.105 e. The van der Waals surface area contributed by atoms with Gasteiger partial charge in [0.05, 0.1) is 5.69 Å². The number of hydrogen-bond donors (Lipinski definition) is 1. The predicted molar refractivity (Wildman–Crippen MR) is 54.9 cm³/mol. The lowest BCUT2D eigenvalue weighted by Gasteiger charge is -1.97. The lowest BCUT2D eigenvalue weighted by Crippen LogP contribution is -1.93. The van der Waals surface area contributed by atoms with Crippen molar-refractivity contribution >= 4 is 16.6 Å². The third-order valence-corrected chi connectivity index (χ3v) is 2.80. The minimum Gasteiger partial charge on any atom is -0.411 e. The number of aryl methyl sites for hydroxylation is 1. The molecule has 1 aliphatic heterocycles. The van der Waals surface area contributed by atoms with Gasteiger partial charge >= 0.3 is 0 Å². The maximum atomic E-state index is 8.81. The lowest BCUT2D eigenvalue weighted by atomic mass is 10.2. The molecule has 1 aliphatic rings. The van der Waals surface area contributed by atoms with E-state index in [0.717, 1.165) is 24.4 Å². The summed E-state index contributed by atoms with van der Waals surface area (Å²) in [5, 5.41) is 13.3. The van der Waals surface area contributed by atoms with Crippen LogP contribution in [-0.4, -0.2) is 15.5 Å². The van der Waals surface area contributed by atoms with Gasteiger partial charge in [0.1, 0.15) is 5.71 Å². The van der Waals surface area contributed by atoms with E-state index in [1.807, 2.05) is 12.1 Å². The molecule has 14 heavy (non-hydrogen) atoms. The third kappa shape index (κ3) is 0.839. The van der Waals surface area contributed by atoms with Crippen molar-refractivity contribution in [3.63, 3.8) is 0 Å². The molecule has 1 aromatic heterocycles. The molecule has 0 aliphatic carbocycles. The Labute approximate surface area is 81.3 Å². The van der Waals surface area contributed by atoms with Crippen molar-refractivity contribution in [2.45, 2.75) is 13.0 Å². The fourth-order valence-electron chi connectivity index (χ4n) is 2.14. The Bertz CT molecular complexity index is 525. The van der Waals surface area contributed by atoms with Gasteiger partial charge in [-0.05, 0) is 12.1 Å². The van der Waals surface area contributed by atoms with Gasteiger partial charge in [0.25, 0.3) is 0 Å². The van der Waals surface area contributed by atoms with Gasteiger partial charge in [-0.25, -0.2) is 0 Å². The molecule has 0 spiro atoms. The van der Waals surface area contributed by atoms with Crippen LogP contribution in [0.15, 0.2) is 35.5 Å². The summed E-state index contributed by atoms with van der Waals surface area (Å²) in [5.41, 5.74) is 3.07. The topological polar surface area (TPSA) is 37.5 Å². The molecule has 3 rings (SSSR count). The first-order valence-corrected chi connectivity index (χ1v) is 4.70. The number of oxime groups is 1. The standard InChI is InChI=1S/C11H10N2O/c14-12-9-5-6-13-10-4-2-1-3-8(10)7-11(9)13/h1-4,7,14H,5-6H2. The highest BCUT2D eigenvalue weighted by atomic mass is 16.4. The molecule has 0 amide bonds. The van der Waals surface area contributed by atoms with E-state index < -0.39 is 0 Å². The molecule has 3 nitrogen and oxygen atoms in total. The van der Waals surface area contributed by atoms with Crippen LogP contribution in [0.2, 0.25) is 0 Å². The third-order valence-electron chi connectivity index (χ3n) is 2.80. The van der Waals surface area contributed by atoms with Gasteiger partial charge in [0.15, 0.2) is 0 Å². The highest BCUT2D eigenvalue weighted by Crippen LogP contribution is 2.25. The number of nitrogens with zero attached hydrogens (tertiary/aromatic N) is 2. The van der Waals surface area contributed by atoms with E-state index >= 15 is 0 Å². The zero-order valence-corrected chi connectivity index (χ0v) is 7.64. The molecule has 70 valence electrons. The van der Waals surface area contributed by atoms with Gasteiger partial charge in [-0.1, -0.05) is 23.4 Å². The van der Waals surface area contributed by atoms with Gasteiger partial charge in [0.2, 0.25) is 0 Å². The summed E-state index contributed by atoms with van der Waals surface area (Å²) in [6.07, 6.45) is 0.830. The van der Waals surface area contributed by atoms with Crippen LogP contribution < -0.4 is 0 Å². The summed E-state index contributed by atoms with van der Waals surface area (Å²) in [6, 6.07) is 10.3. The Balaban J connectivity index is 2.37. The molecule has 0 radical (unpaired) electrons. The van der Waals surface area contributed by atoms with E-state index in [4.69, 9.17) is 5.21 Å². The maximum absolute atomic E-state index is 8.81. The molecule has 2 heterocycles. The first kappa shape index (κ1) is 7.62. The van der Waals surface area contributed by atoms with Crippen molar-refractivity contribution in [2.75, 3.05) is 0 Å². The molecule has 0 saturated heterocycles. The molecule has 1 N–H and O–H groups in total. The molecular weight excluding hydrogens is 176 g/mol. The summed E-state index contributed by atoms with van der Waals surface area (Å²) in [7, 11) is 0. The van der Waals surface area contributed by atoms with E-state index in [2.05, 4.69) is 27.9 Å². The molecule has 1 aromatic carbocycles. The average Bonchev–Trinajstić information content (AvgIpc) is 2.75. The highest BCUT2D eigenvalue weighted by Gasteiger charge is 2.20. The fraction of sp³-hybridized carbons (Fsp3) is 0.182. The number of fused-ring (bicyclic) bond motifs is 3. The highest BCUT2D eigenvalue weighted by molar-refractivity contribution is 6.05. The number of aromatic nitrogens is 1. The summed E-state index contributed by atoms with van der Waals surface area (Å²) >= 11 is 0. The fourth-order valence-corrected chi connectivity index (χ4v) is 2.14. The zero-order chi connectivity index (χ0) is 9.54. The molecule has 0 saturated carbocycles. The first-order chi connectivity index (χ1) is 6.90. The molecule has 0 fully saturated rings. The van der Waals surface area contributed by atoms with Gasteiger partial charge < -0.3 is 9.77 Å². The number of hydrogen-bond acceptors (Lipinski definition) is 2. The van der Waals surface area contributed by atoms with E-state index in [-0.39, 0.29) is 0 Å². The van der Waals surface area contributed by atoms with Crippen LogP contribution in [0.3, 0.4) is 0 Å². The van der Waals surface area contributed by atoms with Crippen LogP contribution in [0.5, 0.6) is 0 Å². The van der Waals surface area contributed by atoms with Crippen LogP contribution in [-0.2, 0) is 6.54 Å². The van der Waals surface area contributed by atoms with Crippen molar-refractivity contribution in [3.8, 4) is 0 Å². The molecule has 0 unspecified atom stereocenters. The summed E-state index contributed by atoms with van der Waals surface area (Å²) in [5.74, 6) is 0. The van der Waals surface area contributed by atoms with Gasteiger partial charge in [-0.2, -0.15) is 0 Å². The Morgan fingerprint density at radius 1 is 1.29 bits per heavy atom. The van der Waals surface area contributed by atoms with Crippen molar-refractivity contribution in [1.82, 2.24) is 4.57 Å². The molecular formula is C11H10N2O. The number of para-hydroxylation sites is 1. The average molecular weight is 186 g/mol. The summed E-state index contributed by atoms with van der Waals surface area (Å²) in [6.45, 7) is 0.919. The summed E-state index contributed by atoms with van der Waals surface area (Å²) in [4.78, 5) is 0. The second-order valence-corrected chi connectivity index (χ2v) is 3.54. The number of benzene rings is 1. The van der Waals surface area contributed by atoms with Gasteiger partial charge in [-0.15, -0.1) is 0 Å². The predicted octanol–water partition coefficient (Wildman–Crippen LogP) is 2.22. The van der Waals surface area contributed by atoms with Gasteiger partial charge in [-0.3, -0.25) is 0 Å². The van der Waals surface area contributed by atoms with Crippen molar-refractivity contribution in [3.05, 3.63) is 36.0 Å². The first-order valence-electron chi connectivity index (χ1n) is 4.70. The molecule has 3 heteroatoms. The van der Waals surface area contributed by atoms with Crippen molar-refractivity contribution in [1.29, 1.82) is 0 Å². The monoisotopic (exact) mass is 186 g/mol. The minimum atomic E-state index is 0.793. The Morgan fingerprint density at radius 3 is 3.00 bits per heavy atom. The van der Waals surface area contributed by atoms with Crippen LogP contribution >= 0.6 is 0 Å². The normalized spacial score (nSPS) is 17.9. The van der Waals surface area contributed by atoms with Crippen molar-refractivity contribution in [2.24, 2.45) is 5.16 Å². The largest absolute Gasteiger partial charge is 0.411 e. The Kier molecular flexibility index (Phi) is 1.42. The Hall–Kier alpha value is -1.77. The van der Waals surface area contributed by atoms with E-state index in [1.165, 1.54) is 10.9 Å². The van der Waals surface area contributed by atoms with Crippen molar-refractivity contribution < 1.29 is 5.21 Å². The Morgan fingerprint density at radius 2 is 2.14 bits per heavy atom. The molecule has 0 bridgehead atoms. The van der Waals surface area contributed by atoms with E-state index in [1.54, 1.807) is 0 Å². The number of rotatable bonds is 0. The van der Waals surface area contributed by atoms with E-state index in [0.29, 0.717) is 0 Å². The molecule has 0 atom stereocenters.